The molecule has 1 fully saturated rings. The monoisotopic (exact) mass is 388 g/mol. The van der Waals surface area contributed by atoms with Gasteiger partial charge in [0.25, 0.3) is 0 Å². The topological polar surface area (TPSA) is 58.1 Å². The molecule has 28 heavy (non-hydrogen) atoms. The van der Waals surface area contributed by atoms with Crippen molar-refractivity contribution < 1.29 is 9.47 Å². The Morgan fingerprint density at radius 2 is 1.82 bits per heavy atom. The fraction of sp³-hybridized carbons (Fsp3) is 0.682. The second-order valence-corrected chi connectivity index (χ2v) is 7.74. The van der Waals surface area contributed by atoms with Gasteiger partial charge in [-0.2, -0.15) is 0 Å². The third kappa shape index (κ3) is 5.53. The summed E-state index contributed by atoms with van der Waals surface area (Å²) in [5, 5.41) is 7.03. The Kier molecular flexibility index (Phi) is 7.83. The number of aliphatic imine (C=N–C) groups is 1. The summed E-state index contributed by atoms with van der Waals surface area (Å²) in [6, 6.07) is 4.83. The van der Waals surface area contributed by atoms with Gasteiger partial charge in [-0.25, -0.2) is 0 Å². The largest absolute Gasteiger partial charge is 0.493 e. The highest BCUT2D eigenvalue weighted by atomic mass is 16.5. The second kappa shape index (κ2) is 10.6. The summed E-state index contributed by atoms with van der Waals surface area (Å²) in [6.45, 7) is 6.81. The molecule has 0 spiro atoms. The van der Waals surface area contributed by atoms with Gasteiger partial charge >= 0.3 is 0 Å². The molecule has 6 heteroatoms. The Hall–Kier alpha value is -1.95. The van der Waals surface area contributed by atoms with Crippen molar-refractivity contribution in [2.45, 2.75) is 58.0 Å². The van der Waals surface area contributed by atoms with Crippen LogP contribution in [0.2, 0.25) is 0 Å². The molecule has 2 N–H and O–H groups in total. The first kappa shape index (κ1) is 20.8. The average molecular weight is 389 g/mol. The number of methoxy groups -OCH3 is 2. The molecule has 2 aliphatic rings. The summed E-state index contributed by atoms with van der Waals surface area (Å²) in [7, 11) is 3.39. The van der Waals surface area contributed by atoms with Crippen LogP contribution >= 0.6 is 0 Å². The molecule has 3 rings (SSSR count). The first-order chi connectivity index (χ1) is 13.7. The van der Waals surface area contributed by atoms with Gasteiger partial charge in [-0.3, -0.25) is 9.89 Å². The first-order valence-corrected chi connectivity index (χ1v) is 10.7. The molecule has 0 radical (unpaired) electrons. The Labute approximate surface area is 169 Å². The van der Waals surface area contributed by atoms with Crippen LogP contribution in [-0.4, -0.2) is 57.3 Å². The maximum Gasteiger partial charge on any atom is 0.191 e. The smallest absolute Gasteiger partial charge is 0.191 e. The fourth-order valence-electron chi connectivity index (χ4n) is 4.20. The number of hydrogen-bond donors (Lipinski definition) is 2. The zero-order chi connectivity index (χ0) is 19.8. The maximum absolute atomic E-state index is 5.47. The SMILES string of the molecule is CCNC(=NCCN1CCc2cc(OC)c(OC)cc2C1)NC1CCCCC1. The molecule has 0 atom stereocenters. The molecule has 156 valence electrons. The molecule has 0 aromatic heterocycles. The second-order valence-electron chi connectivity index (χ2n) is 7.74. The lowest BCUT2D eigenvalue weighted by atomic mass is 9.96. The third-order valence-electron chi connectivity index (χ3n) is 5.77. The molecule has 0 amide bonds. The molecule has 6 nitrogen and oxygen atoms in total. The van der Waals surface area contributed by atoms with Crippen LogP contribution < -0.4 is 20.1 Å². The minimum Gasteiger partial charge on any atom is -0.493 e. The van der Waals surface area contributed by atoms with Crippen LogP contribution in [0.5, 0.6) is 11.5 Å². The number of benzene rings is 1. The molecule has 1 heterocycles. The molecule has 1 aromatic rings. The van der Waals surface area contributed by atoms with Crippen molar-refractivity contribution >= 4 is 5.96 Å². The zero-order valence-corrected chi connectivity index (χ0v) is 17.7. The first-order valence-electron chi connectivity index (χ1n) is 10.7. The Morgan fingerprint density at radius 1 is 1.11 bits per heavy atom. The van der Waals surface area contributed by atoms with Crippen molar-refractivity contribution in [2.75, 3.05) is 40.4 Å². The van der Waals surface area contributed by atoms with Gasteiger partial charge in [0, 0.05) is 32.2 Å². The lowest BCUT2D eigenvalue weighted by Gasteiger charge is -2.29. The highest BCUT2D eigenvalue weighted by Crippen LogP contribution is 2.33. The summed E-state index contributed by atoms with van der Waals surface area (Å²) < 4.78 is 10.9. The minimum atomic E-state index is 0.579. The lowest BCUT2D eigenvalue weighted by molar-refractivity contribution is 0.259. The minimum absolute atomic E-state index is 0.579. The number of hydrogen-bond acceptors (Lipinski definition) is 4. The van der Waals surface area contributed by atoms with Gasteiger partial charge in [-0.05, 0) is 49.4 Å². The average Bonchev–Trinajstić information content (AvgIpc) is 2.73. The van der Waals surface area contributed by atoms with Crippen molar-refractivity contribution in [3.63, 3.8) is 0 Å². The highest BCUT2D eigenvalue weighted by Gasteiger charge is 2.19. The van der Waals surface area contributed by atoms with E-state index in [-0.39, 0.29) is 0 Å². The van der Waals surface area contributed by atoms with Crippen LogP contribution in [-0.2, 0) is 13.0 Å². The van der Waals surface area contributed by atoms with E-state index in [9.17, 15) is 0 Å². The fourth-order valence-corrected chi connectivity index (χ4v) is 4.20. The molecule has 1 aliphatic heterocycles. The maximum atomic E-state index is 5.47. The van der Waals surface area contributed by atoms with E-state index in [1.54, 1.807) is 14.2 Å². The molecular weight excluding hydrogens is 352 g/mol. The van der Waals surface area contributed by atoms with Crippen LogP contribution in [0, 0.1) is 0 Å². The Balaban J connectivity index is 1.54. The van der Waals surface area contributed by atoms with E-state index in [0.29, 0.717) is 6.04 Å². The van der Waals surface area contributed by atoms with Gasteiger partial charge in [0.05, 0.1) is 20.8 Å². The predicted octanol–water partition coefficient (Wildman–Crippen LogP) is 2.95. The number of nitrogens with zero attached hydrogens (tertiary/aromatic N) is 2. The van der Waals surface area contributed by atoms with Crippen LogP contribution in [0.3, 0.4) is 0 Å². The number of fused-ring (bicyclic) bond motifs is 1. The Morgan fingerprint density at radius 3 is 2.50 bits per heavy atom. The van der Waals surface area contributed by atoms with E-state index in [0.717, 1.165) is 56.6 Å². The van der Waals surface area contributed by atoms with Gasteiger partial charge in [0.15, 0.2) is 17.5 Å². The molecule has 1 aromatic carbocycles. The van der Waals surface area contributed by atoms with E-state index in [1.165, 1.54) is 43.2 Å². The van der Waals surface area contributed by atoms with Gasteiger partial charge in [0.2, 0.25) is 0 Å². The quantitative estimate of drug-likeness (QED) is 0.556. The van der Waals surface area contributed by atoms with Crippen molar-refractivity contribution in [1.82, 2.24) is 15.5 Å². The number of rotatable bonds is 7. The van der Waals surface area contributed by atoms with Crippen LogP contribution in [0.25, 0.3) is 0 Å². The van der Waals surface area contributed by atoms with E-state index < -0.39 is 0 Å². The summed E-state index contributed by atoms with van der Waals surface area (Å²) in [5.74, 6) is 2.61. The summed E-state index contributed by atoms with van der Waals surface area (Å²) >= 11 is 0. The van der Waals surface area contributed by atoms with E-state index in [4.69, 9.17) is 14.5 Å². The van der Waals surface area contributed by atoms with Gasteiger partial charge in [-0.15, -0.1) is 0 Å². The lowest BCUT2D eigenvalue weighted by Crippen LogP contribution is -2.44. The van der Waals surface area contributed by atoms with E-state index >= 15 is 0 Å². The van der Waals surface area contributed by atoms with Crippen molar-refractivity contribution in [2.24, 2.45) is 4.99 Å². The molecule has 1 aliphatic carbocycles. The number of ether oxygens (including phenoxy) is 2. The van der Waals surface area contributed by atoms with Gasteiger partial charge in [-0.1, -0.05) is 19.3 Å². The highest BCUT2D eigenvalue weighted by molar-refractivity contribution is 5.80. The third-order valence-corrected chi connectivity index (χ3v) is 5.77. The number of nitrogens with one attached hydrogen (secondary N) is 2. The van der Waals surface area contributed by atoms with Crippen LogP contribution in [0.4, 0.5) is 0 Å². The summed E-state index contributed by atoms with van der Waals surface area (Å²) in [5.41, 5.74) is 2.70. The molecule has 0 unspecified atom stereocenters. The van der Waals surface area contributed by atoms with E-state index in [1.807, 2.05) is 0 Å². The Bertz CT molecular complexity index is 656. The van der Waals surface area contributed by atoms with Crippen LogP contribution in [0.15, 0.2) is 17.1 Å². The molecular formula is C22H36N4O2. The molecule has 0 bridgehead atoms. The van der Waals surface area contributed by atoms with Crippen molar-refractivity contribution in [3.8, 4) is 11.5 Å². The van der Waals surface area contributed by atoms with Gasteiger partial charge in [0.1, 0.15) is 0 Å². The summed E-state index contributed by atoms with van der Waals surface area (Å²) in [4.78, 5) is 7.30. The van der Waals surface area contributed by atoms with Crippen LogP contribution in [0.1, 0.15) is 50.2 Å². The van der Waals surface area contributed by atoms with Gasteiger partial charge < -0.3 is 20.1 Å². The number of guanidine groups is 1. The zero-order valence-electron chi connectivity index (χ0n) is 17.7. The van der Waals surface area contributed by atoms with Crippen molar-refractivity contribution in [1.29, 1.82) is 0 Å². The predicted molar refractivity (Wildman–Crippen MR) is 115 cm³/mol. The molecule has 1 saturated carbocycles. The normalized spacial score (nSPS) is 18.5. The summed E-state index contributed by atoms with van der Waals surface area (Å²) in [6.07, 6.45) is 7.60. The van der Waals surface area contributed by atoms with Crippen molar-refractivity contribution in [3.05, 3.63) is 23.3 Å². The molecule has 0 saturated heterocycles. The van der Waals surface area contributed by atoms with E-state index in [2.05, 4.69) is 34.6 Å². The standard InChI is InChI=1S/C22H36N4O2/c1-4-23-22(25-19-8-6-5-7-9-19)24-11-13-26-12-10-17-14-20(27-2)21(28-3)15-18(17)16-26/h14-15,19H,4-13,16H2,1-3H3,(H2,23,24,25).